The average molecular weight is 517 g/mol. The van der Waals surface area contributed by atoms with E-state index < -0.39 is 18.1 Å². The second kappa shape index (κ2) is 12.4. The molecule has 1 unspecified atom stereocenters. The molecule has 0 aliphatic carbocycles. The standard InChI is InChI=1S/C26H36N4O5S/c1-6-8-30(7-2)13-22-15(3)11-21(36-22)26-28-25(29-35-26)18-9-16(4)23(17(5)10-18)34-14-19(31)12-20(32)24(27)33/h9-11,19-20,31-32H,6-8,12-14H2,1-5H3,(H2,27,33)/t19-,20?/m0/s1. The number of benzene rings is 1. The second-order valence-corrected chi connectivity index (χ2v) is 10.2. The SMILES string of the molecule is CCCN(CC)Cc1sc(-c2nc(-c3cc(C)c(OC[C@@H](O)CC(O)C(N)=O)c(C)c3)no2)cc1C. The van der Waals surface area contributed by atoms with Gasteiger partial charge < -0.3 is 25.2 Å². The van der Waals surface area contributed by atoms with Crippen LogP contribution in [0, 0.1) is 20.8 Å². The first-order valence-corrected chi connectivity index (χ1v) is 13.0. The number of thiophene rings is 1. The van der Waals surface area contributed by atoms with Gasteiger partial charge in [0.15, 0.2) is 0 Å². The fraction of sp³-hybridized carbons (Fsp3) is 0.500. The van der Waals surface area contributed by atoms with E-state index in [1.54, 1.807) is 11.3 Å². The van der Waals surface area contributed by atoms with Gasteiger partial charge in [-0.2, -0.15) is 4.98 Å². The van der Waals surface area contributed by atoms with Gasteiger partial charge in [-0.05, 0) is 75.2 Å². The minimum atomic E-state index is -1.41. The molecule has 1 amide bonds. The molecule has 0 bridgehead atoms. The molecule has 0 radical (unpaired) electrons. The van der Waals surface area contributed by atoms with Gasteiger partial charge in [0, 0.05) is 23.4 Å². The summed E-state index contributed by atoms with van der Waals surface area (Å²) in [5.74, 6) is 0.718. The number of nitrogens with zero attached hydrogens (tertiary/aromatic N) is 3. The van der Waals surface area contributed by atoms with Crippen LogP contribution in [0.3, 0.4) is 0 Å². The molecule has 10 heteroatoms. The Hall–Kier alpha value is -2.79. The molecule has 2 heterocycles. The van der Waals surface area contributed by atoms with E-state index in [0.717, 1.165) is 47.6 Å². The summed E-state index contributed by atoms with van der Waals surface area (Å²) in [6, 6.07) is 5.90. The molecule has 36 heavy (non-hydrogen) atoms. The number of carbonyl (C=O) groups is 1. The first kappa shape index (κ1) is 27.8. The van der Waals surface area contributed by atoms with Gasteiger partial charge in [0.05, 0.1) is 11.0 Å². The number of hydrogen-bond acceptors (Lipinski definition) is 9. The lowest BCUT2D eigenvalue weighted by Crippen LogP contribution is -2.33. The third kappa shape index (κ3) is 6.91. The Morgan fingerprint density at radius 3 is 2.47 bits per heavy atom. The smallest absolute Gasteiger partial charge is 0.268 e. The molecule has 0 spiro atoms. The number of carbonyl (C=O) groups excluding carboxylic acids is 1. The van der Waals surface area contributed by atoms with Crippen LogP contribution in [0.4, 0.5) is 0 Å². The van der Waals surface area contributed by atoms with Crippen molar-refractivity contribution >= 4 is 17.2 Å². The molecule has 0 saturated carbocycles. The Morgan fingerprint density at radius 2 is 1.86 bits per heavy atom. The van der Waals surface area contributed by atoms with Gasteiger partial charge in [0.2, 0.25) is 11.7 Å². The highest BCUT2D eigenvalue weighted by atomic mass is 32.1. The molecule has 3 aromatic rings. The van der Waals surface area contributed by atoms with Gasteiger partial charge in [-0.25, -0.2) is 0 Å². The zero-order chi connectivity index (χ0) is 26.4. The van der Waals surface area contributed by atoms with Crippen molar-refractivity contribution in [2.24, 2.45) is 5.73 Å². The van der Waals surface area contributed by atoms with Crippen molar-refractivity contribution < 1.29 is 24.3 Å². The van der Waals surface area contributed by atoms with Crippen LogP contribution in [0.1, 0.15) is 48.3 Å². The lowest BCUT2D eigenvalue weighted by molar-refractivity contribution is -0.127. The zero-order valence-corrected chi connectivity index (χ0v) is 22.4. The van der Waals surface area contributed by atoms with E-state index in [4.69, 9.17) is 15.0 Å². The highest BCUT2D eigenvalue weighted by Crippen LogP contribution is 2.34. The fourth-order valence-electron chi connectivity index (χ4n) is 4.02. The maximum absolute atomic E-state index is 11.0. The summed E-state index contributed by atoms with van der Waals surface area (Å²) in [6.07, 6.45) is -1.50. The summed E-state index contributed by atoms with van der Waals surface area (Å²) in [7, 11) is 0. The van der Waals surface area contributed by atoms with Crippen molar-refractivity contribution in [2.45, 2.75) is 66.2 Å². The molecular formula is C26H36N4O5S. The maximum Gasteiger partial charge on any atom is 0.268 e. The highest BCUT2D eigenvalue weighted by molar-refractivity contribution is 7.15. The summed E-state index contributed by atoms with van der Waals surface area (Å²) < 4.78 is 11.4. The van der Waals surface area contributed by atoms with Crippen molar-refractivity contribution in [1.82, 2.24) is 15.0 Å². The van der Waals surface area contributed by atoms with Gasteiger partial charge in [0.1, 0.15) is 18.5 Å². The molecule has 0 fully saturated rings. The Morgan fingerprint density at radius 1 is 1.17 bits per heavy atom. The van der Waals surface area contributed by atoms with Gasteiger partial charge in [-0.1, -0.05) is 19.0 Å². The molecular weight excluding hydrogens is 480 g/mol. The van der Waals surface area contributed by atoms with Crippen LogP contribution in [-0.2, 0) is 11.3 Å². The van der Waals surface area contributed by atoms with Crippen LogP contribution in [0.2, 0.25) is 0 Å². The molecule has 1 aromatic carbocycles. The molecule has 2 atom stereocenters. The summed E-state index contributed by atoms with van der Waals surface area (Å²) in [4.78, 5) is 20.3. The number of aromatic nitrogens is 2. The summed E-state index contributed by atoms with van der Waals surface area (Å²) in [5.41, 5.74) is 8.73. The molecule has 0 aliphatic rings. The number of amides is 1. The quantitative estimate of drug-likeness (QED) is 0.314. The molecule has 196 valence electrons. The Bertz CT molecular complexity index is 1150. The van der Waals surface area contributed by atoms with Crippen LogP contribution in [0.5, 0.6) is 5.75 Å². The normalized spacial score (nSPS) is 13.2. The van der Waals surface area contributed by atoms with Crippen LogP contribution in [0.25, 0.3) is 22.2 Å². The summed E-state index contributed by atoms with van der Waals surface area (Å²) >= 11 is 1.69. The van der Waals surface area contributed by atoms with Crippen molar-refractivity contribution in [3.8, 4) is 27.9 Å². The molecule has 2 aromatic heterocycles. The van der Waals surface area contributed by atoms with Gasteiger partial charge in [0.25, 0.3) is 5.89 Å². The molecule has 3 rings (SSSR count). The molecule has 9 nitrogen and oxygen atoms in total. The lowest BCUT2D eigenvalue weighted by atomic mass is 10.1. The Balaban J connectivity index is 1.73. The average Bonchev–Trinajstić information content (AvgIpc) is 3.45. The van der Waals surface area contributed by atoms with Gasteiger partial charge in [-0.3, -0.25) is 9.69 Å². The molecule has 0 saturated heterocycles. The predicted molar refractivity (Wildman–Crippen MR) is 140 cm³/mol. The van der Waals surface area contributed by atoms with Gasteiger partial charge >= 0.3 is 0 Å². The second-order valence-electron chi connectivity index (χ2n) is 9.07. The minimum Gasteiger partial charge on any atom is -0.490 e. The highest BCUT2D eigenvalue weighted by Gasteiger charge is 2.20. The third-order valence-corrected chi connectivity index (χ3v) is 7.18. The Kier molecular flexibility index (Phi) is 9.61. The van der Waals surface area contributed by atoms with Crippen LogP contribution < -0.4 is 10.5 Å². The largest absolute Gasteiger partial charge is 0.490 e. The van der Waals surface area contributed by atoms with Crippen molar-refractivity contribution in [1.29, 1.82) is 0 Å². The number of nitrogens with two attached hydrogens (primary N) is 1. The van der Waals surface area contributed by atoms with Gasteiger partial charge in [-0.15, -0.1) is 11.3 Å². The number of primary amides is 1. The summed E-state index contributed by atoms with van der Waals surface area (Å²) in [5, 5.41) is 23.8. The van der Waals surface area contributed by atoms with E-state index in [-0.39, 0.29) is 13.0 Å². The van der Waals surface area contributed by atoms with Crippen molar-refractivity contribution in [3.05, 3.63) is 39.8 Å². The van der Waals surface area contributed by atoms with Crippen LogP contribution in [-0.4, -0.2) is 63.1 Å². The van der Waals surface area contributed by atoms with E-state index in [2.05, 4.69) is 41.9 Å². The summed E-state index contributed by atoms with van der Waals surface area (Å²) in [6.45, 7) is 13.2. The van der Waals surface area contributed by atoms with E-state index in [1.165, 1.54) is 10.4 Å². The number of hydrogen-bond donors (Lipinski definition) is 3. The van der Waals surface area contributed by atoms with E-state index >= 15 is 0 Å². The number of aryl methyl sites for hydroxylation is 3. The van der Waals surface area contributed by atoms with Crippen molar-refractivity contribution in [3.63, 3.8) is 0 Å². The number of rotatable bonds is 13. The monoisotopic (exact) mass is 516 g/mol. The minimum absolute atomic E-state index is 0.0779. The first-order chi connectivity index (χ1) is 17.1. The van der Waals surface area contributed by atoms with E-state index in [9.17, 15) is 15.0 Å². The predicted octanol–water partition coefficient (Wildman–Crippen LogP) is 3.60. The third-order valence-electron chi connectivity index (χ3n) is 5.97. The number of ether oxygens (including phenoxy) is 1. The van der Waals surface area contributed by atoms with E-state index in [0.29, 0.717) is 17.5 Å². The Labute approximate surface area is 215 Å². The zero-order valence-electron chi connectivity index (χ0n) is 21.6. The van der Waals surface area contributed by atoms with Crippen molar-refractivity contribution in [2.75, 3.05) is 19.7 Å². The number of aliphatic hydroxyl groups is 2. The maximum atomic E-state index is 11.0. The first-order valence-electron chi connectivity index (χ1n) is 12.2. The topological polar surface area (TPSA) is 135 Å². The lowest BCUT2D eigenvalue weighted by Gasteiger charge is -2.18. The number of aliphatic hydroxyl groups excluding tert-OH is 2. The van der Waals surface area contributed by atoms with Crippen LogP contribution >= 0.6 is 11.3 Å². The van der Waals surface area contributed by atoms with Crippen LogP contribution in [0.15, 0.2) is 22.7 Å². The molecule has 4 N–H and O–H groups in total. The molecule has 0 aliphatic heterocycles. The van der Waals surface area contributed by atoms with E-state index in [1.807, 2.05) is 26.0 Å². The fourth-order valence-corrected chi connectivity index (χ4v) is 5.16.